The SMILES string of the molecule is CCCC[S@@+]([O-])N1Cc2cc(C(=O)NC)nc(-c3cccc(C#CCN(C)C)c3)c2[C@H]1CCO. The van der Waals surface area contributed by atoms with E-state index in [0.29, 0.717) is 36.7 Å². The normalized spacial score (nSPS) is 16.1. The first kappa shape index (κ1) is 26.2. The summed E-state index contributed by atoms with van der Waals surface area (Å²) >= 11 is -1.18. The highest BCUT2D eigenvalue weighted by Gasteiger charge is 2.40. The molecule has 2 heterocycles. The first-order chi connectivity index (χ1) is 16.4. The summed E-state index contributed by atoms with van der Waals surface area (Å²) in [5.41, 5.74) is 4.58. The number of benzene rings is 1. The molecule has 1 aromatic carbocycles. The number of nitrogens with one attached hydrogen (secondary N) is 1. The average Bonchev–Trinajstić information content (AvgIpc) is 3.20. The van der Waals surface area contributed by atoms with E-state index >= 15 is 0 Å². The van der Waals surface area contributed by atoms with Crippen LogP contribution in [0.15, 0.2) is 30.3 Å². The first-order valence-electron chi connectivity index (χ1n) is 11.7. The topological polar surface area (TPSA) is 91.8 Å². The quantitative estimate of drug-likeness (QED) is 0.422. The molecule has 1 amide bonds. The van der Waals surface area contributed by atoms with Gasteiger partial charge < -0.3 is 15.0 Å². The number of hydrogen-bond donors (Lipinski definition) is 2. The molecule has 2 aromatic rings. The Labute approximate surface area is 205 Å². The van der Waals surface area contributed by atoms with Crippen molar-refractivity contribution in [1.82, 2.24) is 19.5 Å². The van der Waals surface area contributed by atoms with Crippen LogP contribution in [0, 0.1) is 11.8 Å². The summed E-state index contributed by atoms with van der Waals surface area (Å²) in [5, 5.41) is 12.5. The standard InChI is InChI=1S/C26H34N4O3S/c1-5-6-15-34(33)30-18-21-17-22(26(32)27-2)28-25(24(21)23(30)12-14-31)20-11-7-9-19(16-20)10-8-13-29(3)4/h7,9,11,16-17,23,31H,5-6,12-15,18H2,1-4H3,(H,27,32)/t23-,34-/m1/s1. The Morgan fingerprint density at radius 1 is 1.38 bits per heavy atom. The number of fused-ring (bicyclic) bond motifs is 1. The molecule has 8 heteroatoms. The van der Waals surface area contributed by atoms with Crippen molar-refractivity contribution in [1.29, 1.82) is 0 Å². The van der Waals surface area contributed by atoms with E-state index < -0.39 is 11.4 Å². The molecular weight excluding hydrogens is 448 g/mol. The summed E-state index contributed by atoms with van der Waals surface area (Å²) in [7, 11) is 5.53. The van der Waals surface area contributed by atoms with Gasteiger partial charge in [0.15, 0.2) is 0 Å². The van der Waals surface area contributed by atoms with E-state index in [1.807, 2.05) is 47.6 Å². The third-order valence-corrected chi connectivity index (χ3v) is 7.26. The number of rotatable bonds is 9. The zero-order chi connectivity index (χ0) is 24.7. The smallest absolute Gasteiger partial charge is 0.269 e. The second-order valence-corrected chi connectivity index (χ2v) is 10.1. The van der Waals surface area contributed by atoms with Gasteiger partial charge in [0.05, 0.1) is 24.8 Å². The van der Waals surface area contributed by atoms with Crippen molar-refractivity contribution in [3.63, 3.8) is 0 Å². The van der Waals surface area contributed by atoms with E-state index in [1.54, 1.807) is 13.1 Å². The molecule has 0 spiro atoms. The first-order valence-corrected chi connectivity index (χ1v) is 12.9. The number of nitrogens with zero attached hydrogens (tertiary/aromatic N) is 3. The number of unbranched alkanes of at least 4 members (excludes halogenated alkanes) is 1. The molecule has 182 valence electrons. The van der Waals surface area contributed by atoms with Crippen molar-refractivity contribution in [3.8, 4) is 23.1 Å². The minimum atomic E-state index is -1.18. The molecule has 1 aliphatic rings. The zero-order valence-electron chi connectivity index (χ0n) is 20.4. The Morgan fingerprint density at radius 3 is 2.85 bits per heavy atom. The van der Waals surface area contributed by atoms with Gasteiger partial charge in [-0.1, -0.05) is 37.3 Å². The highest BCUT2D eigenvalue weighted by atomic mass is 32.2. The molecule has 7 nitrogen and oxygen atoms in total. The maximum absolute atomic E-state index is 13.1. The Kier molecular flexibility index (Phi) is 9.51. The lowest BCUT2D eigenvalue weighted by Gasteiger charge is -2.26. The number of aromatic nitrogens is 1. The molecule has 0 saturated carbocycles. The van der Waals surface area contributed by atoms with Gasteiger partial charge in [0.25, 0.3) is 5.91 Å². The molecule has 2 atom stereocenters. The van der Waals surface area contributed by atoms with Gasteiger partial charge in [-0.05, 0) is 50.7 Å². The fourth-order valence-corrected chi connectivity index (χ4v) is 5.60. The summed E-state index contributed by atoms with van der Waals surface area (Å²) in [4.78, 5) is 19.3. The number of carbonyl (C=O) groups excluding carboxylic acids is 1. The minimum Gasteiger partial charge on any atom is -0.598 e. The van der Waals surface area contributed by atoms with Crippen LogP contribution in [-0.2, 0) is 17.9 Å². The Bertz CT molecular complexity index is 1060. The molecular formula is C26H34N4O3S. The second-order valence-electron chi connectivity index (χ2n) is 8.61. The van der Waals surface area contributed by atoms with Crippen LogP contribution in [0.3, 0.4) is 0 Å². The summed E-state index contributed by atoms with van der Waals surface area (Å²) in [6.07, 6.45) is 2.28. The average molecular weight is 483 g/mol. The molecule has 0 radical (unpaired) electrons. The number of hydrogen-bond acceptors (Lipinski definition) is 6. The highest BCUT2D eigenvalue weighted by molar-refractivity contribution is 7.89. The van der Waals surface area contributed by atoms with Crippen LogP contribution in [0.5, 0.6) is 0 Å². The Morgan fingerprint density at radius 2 is 2.18 bits per heavy atom. The lowest BCUT2D eigenvalue weighted by atomic mass is 9.95. The maximum Gasteiger partial charge on any atom is 0.269 e. The highest BCUT2D eigenvalue weighted by Crippen LogP contribution is 2.43. The van der Waals surface area contributed by atoms with E-state index in [9.17, 15) is 14.5 Å². The molecule has 1 aliphatic heterocycles. The Balaban J connectivity index is 2.11. The largest absolute Gasteiger partial charge is 0.598 e. The molecule has 3 rings (SSSR count). The molecule has 34 heavy (non-hydrogen) atoms. The van der Waals surface area contributed by atoms with E-state index in [-0.39, 0.29) is 18.6 Å². The van der Waals surface area contributed by atoms with Gasteiger partial charge in [-0.2, -0.15) is 0 Å². The summed E-state index contributed by atoms with van der Waals surface area (Å²) in [6, 6.07) is 9.38. The lowest BCUT2D eigenvalue weighted by Crippen LogP contribution is -2.32. The molecule has 1 aromatic heterocycles. The van der Waals surface area contributed by atoms with Gasteiger partial charge in [0.1, 0.15) is 11.4 Å². The van der Waals surface area contributed by atoms with Gasteiger partial charge >= 0.3 is 0 Å². The number of pyridine rings is 1. The summed E-state index contributed by atoms with van der Waals surface area (Å²) in [6.45, 7) is 3.16. The van der Waals surface area contributed by atoms with Crippen molar-refractivity contribution < 1.29 is 14.5 Å². The van der Waals surface area contributed by atoms with Crippen LogP contribution >= 0.6 is 0 Å². The molecule has 0 unspecified atom stereocenters. The fourth-order valence-electron chi connectivity index (χ4n) is 4.05. The van der Waals surface area contributed by atoms with Crippen LogP contribution < -0.4 is 5.32 Å². The monoisotopic (exact) mass is 482 g/mol. The number of carbonyl (C=O) groups is 1. The third-order valence-electron chi connectivity index (χ3n) is 5.71. The third kappa shape index (κ3) is 6.17. The molecule has 0 saturated heterocycles. The maximum atomic E-state index is 13.1. The van der Waals surface area contributed by atoms with Gasteiger partial charge in [0.2, 0.25) is 0 Å². The predicted octanol–water partition coefficient (Wildman–Crippen LogP) is 2.72. The van der Waals surface area contributed by atoms with E-state index in [1.165, 1.54) is 0 Å². The zero-order valence-corrected chi connectivity index (χ0v) is 21.2. The van der Waals surface area contributed by atoms with Gasteiger partial charge in [-0.15, -0.1) is 4.31 Å². The number of amides is 1. The van der Waals surface area contributed by atoms with Crippen LogP contribution in [0.2, 0.25) is 0 Å². The number of aliphatic hydroxyl groups is 1. The predicted molar refractivity (Wildman–Crippen MR) is 136 cm³/mol. The van der Waals surface area contributed by atoms with Crippen molar-refractivity contribution in [2.45, 2.75) is 38.8 Å². The van der Waals surface area contributed by atoms with E-state index in [2.05, 4.69) is 24.1 Å². The Hall–Kier alpha value is -2.41. The van der Waals surface area contributed by atoms with Crippen molar-refractivity contribution in [2.24, 2.45) is 0 Å². The summed E-state index contributed by atoms with van der Waals surface area (Å²) < 4.78 is 15.1. The van der Waals surface area contributed by atoms with Crippen molar-refractivity contribution in [2.75, 3.05) is 40.0 Å². The number of aliphatic hydroxyl groups excluding tert-OH is 1. The van der Waals surface area contributed by atoms with Crippen LogP contribution in [-0.4, -0.2) is 69.8 Å². The second kappa shape index (κ2) is 12.3. The van der Waals surface area contributed by atoms with Crippen molar-refractivity contribution in [3.05, 3.63) is 52.7 Å². The van der Waals surface area contributed by atoms with Crippen LogP contribution in [0.25, 0.3) is 11.3 Å². The van der Waals surface area contributed by atoms with E-state index in [0.717, 1.165) is 35.1 Å². The van der Waals surface area contributed by atoms with Gasteiger partial charge in [-0.25, -0.2) is 4.98 Å². The lowest BCUT2D eigenvalue weighted by molar-refractivity contribution is 0.0958. The van der Waals surface area contributed by atoms with Crippen LogP contribution in [0.1, 0.15) is 59.4 Å². The van der Waals surface area contributed by atoms with E-state index in [4.69, 9.17) is 4.98 Å². The van der Waals surface area contributed by atoms with Gasteiger partial charge in [0, 0.05) is 41.7 Å². The summed E-state index contributed by atoms with van der Waals surface area (Å²) in [5.74, 6) is 6.65. The molecule has 0 fully saturated rings. The van der Waals surface area contributed by atoms with Crippen LogP contribution in [0.4, 0.5) is 0 Å². The van der Waals surface area contributed by atoms with Gasteiger partial charge in [-0.3, -0.25) is 9.69 Å². The molecule has 0 bridgehead atoms. The minimum absolute atomic E-state index is 0.0295. The van der Waals surface area contributed by atoms with Crippen molar-refractivity contribution >= 4 is 17.3 Å². The molecule has 0 aliphatic carbocycles. The molecule has 2 N–H and O–H groups in total. The fraction of sp³-hybridized carbons (Fsp3) is 0.462.